The lowest BCUT2D eigenvalue weighted by Crippen LogP contribution is -2.27. The Hall–Kier alpha value is -0.0400. The Morgan fingerprint density at radius 1 is 0.647 bits per heavy atom. The molecule has 4 atom stereocenters. The fourth-order valence-corrected chi connectivity index (χ4v) is 2.50. The number of hydrogen-bond acceptors (Lipinski definition) is 0. The Labute approximate surface area is 110 Å². The Balaban J connectivity index is 3.93. The first-order valence-corrected chi connectivity index (χ1v) is 7.73. The fourth-order valence-electron chi connectivity index (χ4n) is 2.50. The molecule has 0 amide bonds. The summed E-state index contributed by atoms with van der Waals surface area (Å²) in [6.07, 6.45) is 5.13. The maximum Gasteiger partial charge on any atom is 0.0164 e. The molecule has 0 fully saturated rings. The number of rotatable bonds is 10. The summed E-state index contributed by atoms with van der Waals surface area (Å²) in [5.74, 6) is 3.25. The highest BCUT2D eigenvalue weighted by atomic mass is 14.9. The van der Waals surface area contributed by atoms with Crippen LogP contribution in [0.1, 0.15) is 67.2 Å². The highest BCUT2D eigenvalue weighted by molar-refractivity contribution is 4.70. The van der Waals surface area contributed by atoms with Gasteiger partial charge in [0.15, 0.2) is 0 Å². The zero-order valence-electron chi connectivity index (χ0n) is 13.0. The molecule has 1 heteroatoms. The van der Waals surface area contributed by atoms with Gasteiger partial charge in [0.2, 0.25) is 0 Å². The molecule has 4 unspecified atom stereocenters. The fraction of sp³-hybridized carbons (Fsp3) is 1.00. The van der Waals surface area contributed by atoms with Gasteiger partial charge in [0.05, 0.1) is 0 Å². The zero-order chi connectivity index (χ0) is 13.3. The van der Waals surface area contributed by atoms with Crippen molar-refractivity contribution >= 4 is 0 Å². The van der Waals surface area contributed by atoms with Crippen molar-refractivity contribution in [2.75, 3.05) is 13.1 Å². The van der Waals surface area contributed by atoms with Gasteiger partial charge in [-0.25, -0.2) is 5.32 Å². The lowest BCUT2D eigenvalue weighted by molar-refractivity contribution is 0.279. The highest BCUT2D eigenvalue weighted by Crippen LogP contribution is 2.20. The summed E-state index contributed by atoms with van der Waals surface area (Å²) in [4.78, 5) is 0. The van der Waals surface area contributed by atoms with Gasteiger partial charge in [-0.05, 0) is 23.7 Å². The summed E-state index contributed by atoms with van der Waals surface area (Å²) >= 11 is 0. The molecule has 103 valence electrons. The van der Waals surface area contributed by atoms with E-state index >= 15 is 0 Å². The van der Waals surface area contributed by atoms with Crippen molar-refractivity contribution in [2.24, 2.45) is 23.7 Å². The molecular formula is C16H34N. The molecule has 0 saturated carbocycles. The van der Waals surface area contributed by atoms with Crippen molar-refractivity contribution in [3.05, 3.63) is 0 Å². The number of nitrogens with zero attached hydrogens (tertiary/aromatic N) is 1. The van der Waals surface area contributed by atoms with E-state index < -0.39 is 0 Å². The van der Waals surface area contributed by atoms with E-state index in [1.165, 1.54) is 25.7 Å². The van der Waals surface area contributed by atoms with E-state index in [1.807, 2.05) is 0 Å². The monoisotopic (exact) mass is 240 g/mol. The third-order valence-electron chi connectivity index (χ3n) is 4.67. The average Bonchev–Trinajstić information content (AvgIpc) is 2.37. The Kier molecular flexibility index (Phi) is 9.91. The molecular weight excluding hydrogens is 206 g/mol. The van der Waals surface area contributed by atoms with Gasteiger partial charge in [-0.2, -0.15) is 0 Å². The molecule has 1 radical (unpaired) electrons. The molecule has 0 aliphatic heterocycles. The summed E-state index contributed by atoms with van der Waals surface area (Å²) < 4.78 is 0. The first-order chi connectivity index (χ1) is 8.10. The van der Waals surface area contributed by atoms with Crippen LogP contribution in [0.2, 0.25) is 0 Å². The molecule has 0 aliphatic carbocycles. The molecule has 0 saturated heterocycles. The van der Waals surface area contributed by atoms with Gasteiger partial charge in [-0.15, -0.1) is 0 Å². The van der Waals surface area contributed by atoms with Crippen LogP contribution < -0.4 is 5.32 Å². The topological polar surface area (TPSA) is 14.1 Å². The molecule has 0 spiro atoms. The van der Waals surface area contributed by atoms with Crippen LogP contribution in [0.4, 0.5) is 0 Å². The average molecular weight is 240 g/mol. The van der Waals surface area contributed by atoms with Gasteiger partial charge in [-0.3, -0.25) is 0 Å². The standard InChI is InChI=1S/C16H34N/c1-7-13(5)15(9-3)11-17-12-16(10-4)14(6)8-2/h13-16H,7-12H2,1-6H3. The first kappa shape index (κ1) is 17.0. The number of hydrogen-bond donors (Lipinski definition) is 0. The summed E-state index contributed by atoms with van der Waals surface area (Å²) in [5.41, 5.74) is 0. The predicted octanol–water partition coefficient (Wildman–Crippen LogP) is 4.74. The maximum absolute atomic E-state index is 4.85. The van der Waals surface area contributed by atoms with Crippen LogP contribution in [0, 0.1) is 23.7 Å². The van der Waals surface area contributed by atoms with E-state index in [4.69, 9.17) is 5.32 Å². The third-order valence-corrected chi connectivity index (χ3v) is 4.67. The predicted molar refractivity (Wildman–Crippen MR) is 78.3 cm³/mol. The third kappa shape index (κ3) is 6.45. The maximum atomic E-state index is 4.85. The minimum atomic E-state index is 0.800. The normalized spacial score (nSPS) is 18.7. The van der Waals surface area contributed by atoms with Crippen LogP contribution in [0.5, 0.6) is 0 Å². The van der Waals surface area contributed by atoms with Crippen LogP contribution in [-0.2, 0) is 0 Å². The van der Waals surface area contributed by atoms with Crippen molar-refractivity contribution in [3.8, 4) is 0 Å². The van der Waals surface area contributed by atoms with Crippen LogP contribution >= 0.6 is 0 Å². The van der Waals surface area contributed by atoms with Gasteiger partial charge in [0.1, 0.15) is 0 Å². The second-order valence-corrected chi connectivity index (χ2v) is 5.70. The molecule has 0 heterocycles. The Morgan fingerprint density at radius 2 is 1.00 bits per heavy atom. The van der Waals surface area contributed by atoms with Gasteiger partial charge >= 0.3 is 0 Å². The van der Waals surface area contributed by atoms with Crippen molar-refractivity contribution in [1.29, 1.82) is 0 Å². The minimum absolute atomic E-state index is 0.800. The SMILES string of the molecule is CCC(C)C(CC)C[N]CC(CC)C(C)CC. The van der Waals surface area contributed by atoms with E-state index in [0.717, 1.165) is 36.8 Å². The summed E-state index contributed by atoms with van der Waals surface area (Å²) in [6, 6.07) is 0. The van der Waals surface area contributed by atoms with E-state index in [1.54, 1.807) is 0 Å². The van der Waals surface area contributed by atoms with Crippen LogP contribution in [0.15, 0.2) is 0 Å². The molecule has 0 bridgehead atoms. The van der Waals surface area contributed by atoms with Gasteiger partial charge in [0.25, 0.3) is 0 Å². The lowest BCUT2D eigenvalue weighted by atomic mass is 9.87. The second-order valence-electron chi connectivity index (χ2n) is 5.70. The van der Waals surface area contributed by atoms with Crippen molar-refractivity contribution in [2.45, 2.75) is 67.2 Å². The molecule has 1 nitrogen and oxygen atoms in total. The van der Waals surface area contributed by atoms with E-state index in [0.29, 0.717) is 0 Å². The molecule has 0 N–H and O–H groups in total. The van der Waals surface area contributed by atoms with Gasteiger partial charge in [0, 0.05) is 13.1 Å². The molecule has 0 aromatic carbocycles. The van der Waals surface area contributed by atoms with Crippen molar-refractivity contribution in [1.82, 2.24) is 5.32 Å². The molecule has 0 aromatic heterocycles. The molecule has 0 aromatic rings. The molecule has 0 aliphatic rings. The lowest BCUT2D eigenvalue weighted by Gasteiger charge is -2.24. The van der Waals surface area contributed by atoms with Crippen molar-refractivity contribution in [3.63, 3.8) is 0 Å². The van der Waals surface area contributed by atoms with E-state index in [2.05, 4.69) is 41.5 Å². The van der Waals surface area contributed by atoms with Gasteiger partial charge in [-0.1, -0.05) is 67.2 Å². The summed E-state index contributed by atoms with van der Waals surface area (Å²) in [6.45, 7) is 16.1. The zero-order valence-corrected chi connectivity index (χ0v) is 13.0. The van der Waals surface area contributed by atoms with E-state index in [9.17, 15) is 0 Å². The highest BCUT2D eigenvalue weighted by Gasteiger charge is 2.17. The van der Waals surface area contributed by atoms with Crippen LogP contribution in [0.3, 0.4) is 0 Å². The van der Waals surface area contributed by atoms with Gasteiger partial charge < -0.3 is 0 Å². The largest absolute Gasteiger partial charge is 0.241 e. The second kappa shape index (κ2) is 9.94. The Bertz CT molecular complexity index is 149. The first-order valence-electron chi connectivity index (χ1n) is 7.73. The summed E-state index contributed by atoms with van der Waals surface area (Å²) in [5, 5.41) is 4.85. The smallest absolute Gasteiger partial charge is 0.0164 e. The summed E-state index contributed by atoms with van der Waals surface area (Å²) in [7, 11) is 0. The van der Waals surface area contributed by atoms with Crippen LogP contribution in [0.25, 0.3) is 0 Å². The Morgan fingerprint density at radius 3 is 1.24 bits per heavy atom. The van der Waals surface area contributed by atoms with Crippen LogP contribution in [-0.4, -0.2) is 13.1 Å². The quantitative estimate of drug-likeness (QED) is 0.524. The van der Waals surface area contributed by atoms with Crippen molar-refractivity contribution < 1.29 is 0 Å². The molecule has 0 rings (SSSR count). The molecule has 17 heavy (non-hydrogen) atoms. The van der Waals surface area contributed by atoms with E-state index in [-0.39, 0.29) is 0 Å². The minimum Gasteiger partial charge on any atom is -0.241 e.